The summed E-state index contributed by atoms with van der Waals surface area (Å²) in [5, 5.41) is 10.0. The zero-order valence-corrected chi connectivity index (χ0v) is 12.9. The number of ether oxygens (including phenoxy) is 1. The molecule has 0 fully saturated rings. The number of ketones is 1. The Bertz CT molecular complexity index is 758. The van der Waals surface area contributed by atoms with Gasteiger partial charge in [0.15, 0.2) is 5.78 Å². The standard InChI is InChI=1S/C17H15ClN2O2/c1-9-5-13(21)16-14(6-9)22-17(20)12(8-19)15(16)10-3-2-4-11(18)7-10/h2-4,7,9,15H,5-6,20H2,1H3/t9-,15-/m0/s1. The molecule has 2 N–H and O–H groups in total. The number of rotatable bonds is 1. The van der Waals surface area contributed by atoms with E-state index in [2.05, 4.69) is 6.07 Å². The van der Waals surface area contributed by atoms with Gasteiger partial charge in [0, 0.05) is 23.4 Å². The molecule has 1 aromatic rings. The van der Waals surface area contributed by atoms with Gasteiger partial charge in [-0.1, -0.05) is 30.7 Å². The van der Waals surface area contributed by atoms with Crippen molar-refractivity contribution in [3.63, 3.8) is 0 Å². The van der Waals surface area contributed by atoms with E-state index in [4.69, 9.17) is 22.1 Å². The molecule has 1 aromatic carbocycles. The number of nitriles is 1. The summed E-state index contributed by atoms with van der Waals surface area (Å²) in [5.74, 6) is 0.396. The van der Waals surface area contributed by atoms with E-state index in [-0.39, 0.29) is 23.2 Å². The van der Waals surface area contributed by atoms with Gasteiger partial charge in [-0.25, -0.2) is 0 Å². The van der Waals surface area contributed by atoms with Crippen LogP contribution in [0.15, 0.2) is 47.1 Å². The summed E-state index contributed by atoms with van der Waals surface area (Å²) in [5.41, 5.74) is 7.51. The lowest BCUT2D eigenvalue weighted by atomic mass is 9.75. The zero-order valence-electron chi connectivity index (χ0n) is 12.1. The van der Waals surface area contributed by atoms with Crippen molar-refractivity contribution < 1.29 is 9.53 Å². The summed E-state index contributed by atoms with van der Waals surface area (Å²) >= 11 is 6.06. The van der Waals surface area contributed by atoms with Crippen LogP contribution in [0.5, 0.6) is 0 Å². The lowest BCUT2D eigenvalue weighted by Gasteiger charge is -2.33. The van der Waals surface area contributed by atoms with E-state index in [0.29, 0.717) is 29.2 Å². The van der Waals surface area contributed by atoms with Crippen molar-refractivity contribution in [2.24, 2.45) is 11.7 Å². The summed E-state index contributed by atoms with van der Waals surface area (Å²) < 4.78 is 5.58. The van der Waals surface area contributed by atoms with E-state index in [1.165, 1.54) is 0 Å². The SMILES string of the molecule is C[C@H]1CC(=O)C2=C(C1)OC(N)=C(C#N)[C@@H]2c1cccc(Cl)c1. The molecule has 1 heterocycles. The smallest absolute Gasteiger partial charge is 0.205 e. The Hall–Kier alpha value is -2.25. The predicted octanol–water partition coefficient (Wildman–Crippen LogP) is 3.40. The van der Waals surface area contributed by atoms with Gasteiger partial charge < -0.3 is 10.5 Å². The van der Waals surface area contributed by atoms with Crippen LogP contribution in [0.25, 0.3) is 0 Å². The third-order valence-electron chi connectivity index (χ3n) is 4.05. The number of hydrogen-bond donors (Lipinski definition) is 1. The molecule has 0 aromatic heterocycles. The highest BCUT2D eigenvalue weighted by Gasteiger charge is 2.39. The minimum absolute atomic E-state index is 0.0129. The Balaban J connectivity index is 2.19. The number of halogens is 1. The second-order valence-electron chi connectivity index (χ2n) is 5.75. The van der Waals surface area contributed by atoms with Crippen molar-refractivity contribution >= 4 is 17.4 Å². The van der Waals surface area contributed by atoms with Crippen molar-refractivity contribution in [3.05, 3.63) is 57.6 Å². The molecule has 2 atom stereocenters. The monoisotopic (exact) mass is 314 g/mol. The average Bonchev–Trinajstić information content (AvgIpc) is 2.45. The van der Waals surface area contributed by atoms with Gasteiger partial charge in [-0.2, -0.15) is 5.26 Å². The zero-order chi connectivity index (χ0) is 15.9. The molecule has 1 aliphatic carbocycles. The lowest BCUT2D eigenvalue weighted by molar-refractivity contribution is -0.117. The summed E-state index contributed by atoms with van der Waals surface area (Å²) in [7, 11) is 0. The Morgan fingerprint density at radius 2 is 2.18 bits per heavy atom. The molecule has 1 aliphatic heterocycles. The molecule has 112 valence electrons. The number of carbonyl (C=O) groups is 1. The third kappa shape index (κ3) is 2.38. The number of Topliss-reactive ketones (excluding diaryl/α,β-unsaturated/α-hetero) is 1. The van der Waals surface area contributed by atoms with E-state index in [1.54, 1.807) is 18.2 Å². The third-order valence-corrected chi connectivity index (χ3v) is 4.28. The highest BCUT2D eigenvalue weighted by molar-refractivity contribution is 6.30. The highest BCUT2D eigenvalue weighted by atomic mass is 35.5. The Morgan fingerprint density at radius 3 is 2.86 bits per heavy atom. The maximum Gasteiger partial charge on any atom is 0.205 e. The van der Waals surface area contributed by atoms with Gasteiger partial charge in [-0.05, 0) is 23.6 Å². The fourth-order valence-corrected chi connectivity index (χ4v) is 3.31. The Kier molecular flexibility index (Phi) is 3.67. The first-order valence-corrected chi connectivity index (χ1v) is 7.48. The first-order valence-electron chi connectivity index (χ1n) is 7.10. The average molecular weight is 315 g/mol. The molecular weight excluding hydrogens is 300 g/mol. The normalized spacial score (nSPS) is 24.7. The van der Waals surface area contributed by atoms with Crippen LogP contribution in [-0.2, 0) is 9.53 Å². The van der Waals surface area contributed by atoms with E-state index in [9.17, 15) is 10.1 Å². The Labute approximate surface area is 133 Å². The number of carbonyl (C=O) groups excluding carboxylic acids is 1. The number of nitrogens with two attached hydrogens (primary N) is 1. The summed E-state index contributed by atoms with van der Waals surface area (Å²) in [6, 6.07) is 9.25. The van der Waals surface area contributed by atoms with E-state index >= 15 is 0 Å². The van der Waals surface area contributed by atoms with Crippen LogP contribution in [0.4, 0.5) is 0 Å². The molecule has 3 rings (SSSR count). The number of hydrogen-bond acceptors (Lipinski definition) is 4. The van der Waals surface area contributed by atoms with Crippen molar-refractivity contribution in [3.8, 4) is 6.07 Å². The van der Waals surface area contributed by atoms with E-state index in [0.717, 1.165) is 5.56 Å². The summed E-state index contributed by atoms with van der Waals surface area (Å²) in [4.78, 5) is 12.5. The second kappa shape index (κ2) is 5.51. The van der Waals surface area contributed by atoms with E-state index in [1.807, 2.05) is 13.0 Å². The van der Waals surface area contributed by atoms with Crippen LogP contribution in [0.2, 0.25) is 5.02 Å². The lowest BCUT2D eigenvalue weighted by Crippen LogP contribution is -2.29. The Morgan fingerprint density at radius 1 is 1.41 bits per heavy atom. The number of nitrogens with zero attached hydrogens (tertiary/aromatic N) is 1. The van der Waals surface area contributed by atoms with Crippen LogP contribution < -0.4 is 5.73 Å². The van der Waals surface area contributed by atoms with Gasteiger partial charge in [0.05, 0.1) is 5.92 Å². The molecule has 0 saturated carbocycles. The maximum absolute atomic E-state index is 12.5. The molecule has 2 aliphatic rings. The summed E-state index contributed by atoms with van der Waals surface area (Å²) in [6.07, 6.45) is 1.11. The maximum atomic E-state index is 12.5. The second-order valence-corrected chi connectivity index (χ2v) is 6.19. The largest absolute Gasteiger partial charge is 0.444 e. The molecule has 0 unspecified atom stereocenters. The van der Waals surface area contributed by atoms with Gasteiger partial charge in [0.2, 0.25) is 5.88 Å². The molecule has 0 spiro atoms. The van der Waals surface area contributed by atoms with Crippen LogP contribution >= 0.6 is 11.6 Å². The van der Waals surface area contributed by atoms with Gasteiger partial charge in [-0.3, -0.25) is 4.79 Å². The van der Waals surface area contributed by atoms with Crippen molar-refractivity contribution in [2.75, 3.05) is 0 Å². The van der Waals surface area contributed by atoms with Crippen LogP contribution in [0.1, 0.15) is 31.2 Å². The fourth-order valence-electron chi connectivity index (χ4n) is 3.11. The van der Waals surface area contributed by atoms with Crippen molar-refractivity contribution in [2.45, 2.75) is 25.7 Å². The number of allylic oxidation sites excluding steroid dienone is 3. The predicted molar refractivity (Wildman–Crippen MR) is 82.5 cm³/mol. The molecular formula is C17H15ClN2O2. The van der Waals surface area contributed by atoms with E-state index < -0.39 is 5.92 Å². The molecule has 4 nitrogen and oxygen atoms in total. The minimum Gasteiger partial charge on any atom is -0.444 e. The molecule has 0 bridgehead atoms. The van der Waals surface area contributed by atoms with Gasteiger partial charge in [0.25, 0.3) is 0 Å². The van der Waals surface area contributed by atoms with Gasteiger partial charge in [0.1, 0.15) is 17.4 Å². The van der Waals surface area contributed by atoms with Gasteiger partial charge >= 0.3 is 0 Å². The van der Waals surface area contributed by atoms with Crippen molar-refractivity contribution in [1.82, 2.24) is 0 Å². The molecule has 0 amide bonds. The van der Waals surface area contributed by atoms with Crippen LogP contribution in [-0.4, -0.2) is 5.78 Å². The van der Waals surface area contributed by atoms with Crippen molar-refractivity contribution in [1.29, 1.82) is 5.26 Å². The quantitative estimate of drug-likeness (QED) is 0.862. The highest BCUT2D eigenvalue weighted by Crippen LogP contribution is 2.44. The van der Waals surface area contributed by atoms with Crippen LogP contribution in [0.3, 0.4) is 0 Å². The minimum atomic E-state index is -0.493. The molecule has 5 heteroatoms. The summed E-state index contributed by atoms with van der Waals surface area (Å²) in [6.45, 7) is 2.00. The molecule has 0 saturated heterocycles. The topological polar surface area (TPSA) is 76.1 Å². The number of benzene rings is 1. The van der Waals surface area contributed by atoms with Gasteiger partial charge in [-0.15, -0.1) is 0 Å². The first kappa shape index (κ1) is 14.7. The first-order chi connectivity index (χ1) is 10.5. The van der Waals surface area contributed by atoms with Crippen LogP contribution in [0, 0.1) is 17.2 Å². The molecule has 0 radical (unpaired) electrons. The fraction of sp³-hybridized carbons (Fsp3) is 0.294. The molecule has 22 heavy (non-hydrogen) atoms.